The third kappa shape index (κ3) is 4.34. The van der Waals surface area contributed by atoms with Gasteiger partial charge in [-0.2, -0.15) is 0 Å². The zero-order valence-electron chi connectivity index (χ0n) is 13.8. The molecule has 3 aromatic rings. The van der Waals surface area contributed by atoms with Crippen molar-refractivity contribution in [2.24, 2.45) is 0 Å². The first-order chi connectivity index (χ1) is 12.5. The lowest BCUT2D eigenvalue weighted by Crippen LogP contribution is -2.23. The number of nitrogens with zero attached hydrogens (tertiary/aromatic N) is 2. The summed E-state index contributed by atoms with van der Waals surface area (Å²) in [6.07, 6.45) is 2.21. The number of carbonyl (C=O) groups excluding carboxylic acids is 1. The SMILES string of the molecule is CCc1nnc(NC(=O)c2ccc(S(=O)(=O)NCc3ccco3)cc2)s1. The molecule has 8 nitrogen and oxygen atoms in total. The van der Waals surface area contributed by atoms with Gasteiger partial charge in [-0.3, -0.25) is 10.1 Å². The standard InChI is InChI=1S/C16H16N4O4S2/c1-2-14-19-20-16(25-14)18-15(21)11-5-7-13(8-6-11)26(22,23)17-10-12-4-3-9-24-12/h3-9,17H,2,10H2,1H3,(H,18,20,21). The van der Waals surface area contributed by atoms with Gasteiger partial charge in [-0.25, -0.2) is 13.1 Å². The van der Waals surface area contributed by atoms with Gasteiger partial charge in [0.1, 0.15) is 10.8 Å². The maximum atomic E-state index is 12.3. The maximum absolute atomic E-state index is 12.3. The van der Waals surface area contributed by atoms with Crippen LogP contribution < -0.4 is 10.0 Å². The normalized spacial score (nSPS) is 11.4. The molecule has 1 amide bonds. The Hall–Kier alpha value is -2.56. The number of hydrogen-bond acceptors (Lipinski definition) is 7. The first kappa shape index (κ1) is 18.2. The first-order valence-corrected chi connectivity index (χ1v) is 10.0. The number of amides is 1. The topological polar surface area (TPSA) is 114 Å². The molecule has 0 unspecified atom stereocenters. The number of anilines is 1. The Morgan fingerprint density at radius 3 is 2.58 bits per heavy atom. The molecule has 26 heavy (non-hydrogen) atoms. The molecule has 2 aromatic heterocycles. The molecule has 0 aliphatic carbocycles. The summed E-state index contributed by atoms with van der Waals surface area (Å²) >= 11 is 1.30. The van der Waals surface area contributed by atoms with E-state index in [-0.39, 0.29) is 17.3 Å². The van der Waals surface area contributed by atoms with Crippen molar-refractivity contribution in [1.29, 1.82) is 0 Å². The Bertz CT molecular complexity index is 980. The van der Waals surface area contributed by atoms with E-state index >= 15 is 0 Å². The molecule has 0 atom stereocenters. The van der Waals surface area contributed by atoms with Crippen LogP contribution in [0.3, 0.4) is 0 Å². The maximum Gasteiger partial charge on any atom is 0.257 e. The number of benzene rings is 1. The third-order valence-corrected chi connectivity index (χ3v) is 5.83. The lowest BCUT2D eigenvalue weighted by atomic mass is 10.2. The average molecular weight is 392 g/mol. The minimum absolute atomic E-state index is 0.0500. The highest BCUT2D eigenvalue weighted by atomic mass is 32.2. The second-order valence-electron chi connectivity index (χ2n) is 5.24. The van der Waals surface area contributed by atoms with Crippen LogP contribution in [0.15, 0.2) is 52.0 Å². The number of sulfonamides is 1. The molecular weight excluding hydrogens is 376 g/mol. The van der Waals surface area contributed by atoms with Gasteiger partial charge in [-0.05, 0) is 42.8 Å². The molecule has 0 fully saturated rings. The molecular formula is C16H16N4O4S2. The highest BCUT2D eigenvalue weighted by molar-refractivity contribution is 7.89. The summed E-state index contributed by atoms with van der Waals surface area (Å²) in [6, 6.07) is 8.98. The zero-order valence-corrected chi connectivity index (χ0v) is 15.4. The van der Waals surface area contributed by atoms with E-state index < -0.39 is 10.0 Å². The summed E-state index contributed by atoms with van der Waals surface area (Å²) in [5.41, 5.74) is 0.322. The van der Waals surface area contributed by atoms with E-state index in [4.69, 9.17) is 4.42 Å². The van der Waals surface area contributed by atoms with E-state index in [0.29, 0.717) is 16.5 Å². The van der Waals surface area contributed by atoms with Crippen molar-refractivity contribution >= 4 is 32.4 Å². The molecule has 0 saturated heterocycles. The second kappa shape index (κ2) is 7.77. The van der Waals surface area contributed by atoms with Gasteiger partial charge >= 0.3 is 0 Å². The van der Waals surface area contributed by atoms with Crippen LogP contribution in [0.1, 0.15) is 28.0 Å². The molecule has 0 spiro atoms. The summed E-state index contributed by atoms with van der Waals surface area (Å²) in [5, 5.41) is 11.7. The summed E-state index contributed by atoms with van der Waals surface area (Å²) in [7, 11) is -3.70. The van der Waals surface area contributed by atoms with E-state index in [2.05, 4.69) is 20.2 Å². The average Bonchev–Trinajstić information content (AvgIpc) is 3.32. The predicted molar refractivity (Wildman–Crippen MR) is 96.4 cm³/mol. The van der Waals surface area contributed by atoms with Crippen LogP contribution >= 0.6 is 11.3 Å². The van der Waals surface area contributed by atoms with Gasteiger partial charge in [0.25, 0.3) is 5.91 Å². The molecule has 0 bridgehead atoms. The Balaban J connectivity index is 1.66. The van der Waals surface area contributed by atoms with Crippen molar-refractivity contribution in [2.75, 3.05) is 5.32 Å². The molecule has 0 saturated carbocycles. The number of rotatable bonds is 7. The van der Waals surface area contributed by atoms with Crippen LogP contribution in [-0.2, 0) is 23.0 Å². The molecule has 0 radical (unpaired) electrons. The Morgan fingerprint density at radius 1 is 1.19 bits per heavy atom. The van der Waals surface area contributed by atoms with Crippen molar-refractivity contribution in [3.63, 3.8) is 0 Å². The number of furan rings is 1. The third-order valence-electron chi connectivity index (χ3n) is 3.43. The monoisotopic (exact) mass is 392 g/mol. The van der Waals surface area contributed by atoms with Gasteiger partial charge in [-0.1, -0.05) is 18.3 Å². The van der Waals surface area contributed by atoms with Crippen LogP contribution in [0, 0.1) is 0 Å². The molecule has 0 aliphatic rings. The fourth-order valence-corrected chi connectivity index (χ4v) is 3.73. The quantitative estimate of drug-likeness (QED) is 0.638. The highest BCUT2D eigenvalue weighted by Crippen LogP contribution is 2.17. The van der Waals surface area contributed by atoms with Crippen molar-refractivity contribution < 1.29 is 17.6 Å². The Kier molecular flexibility index (Phi) is 5.45. The number of hydrogen-bond donors (Lipinski definition) is 2. The predicted octanol–water partition coefficient (Wildman–Crippen LogP) is 2.42. The van der Waals surface area contributed by atoms with Crippen molar-refractivity contribution in [3.8, 4) is 0 Å². The highest BCUT2D eigenvalue weighted by Gasteiger charge is 2.16. The largest absolute Gasteiger partial charge is 0.468 e. The second-order valence-corrected chi connectivity index (χ2v) is 8.07. The van der Waals surface area contributed by atoms with Gasteiger partial charge in [0.2, 0.25) is 15.2 Å². The minimum Gasteiger partial charge on any atom is -0.468 e. The van der Waals surface area contributed by atoms with E-state index in [1.807, 2.05) is 6.92 Å². The Labute approximate surface area is 154 Å². The Morgan fingerprint density at radius 2 is 1.96 bits per heavy atom. The van der Waals surface area contributed by atoms with Gasteiger partial charge in [-0.15, -0.1) is 10.2 Å². The smallest absolute Gasteiger partial charge is 0.257 e. The summed E-state index contributed by atoms with van der Waals surface area (Å²) in [5.74, 6) is 0.129. The van der Waals surface area contributed by atoms with Gasteiger partial charge in [0.05, 0.1) is 17.7 Å². The summed E-state index contributed by atoms with van der Waals surface area (Å²) in [4.78, 5) is 12.3. The number of nitrogens with one attached hydrogen (secondary N) is 2. The molecule has 1 aromatic carbocycles. The zero-order chi connectivity index (χ0) is 18.6. The molecule has 2 N–H and O–H groups in total. The molecule has 10 heteroatoms. The number of aromatic nitrogens is 2. The van der Waals surface area contributed by atoms with Gasteiger partial charge in [0.15, 0.2) is 0 Å². The van der Waals surface area contributed by atoms with Crippen molar-refractivity contribution in [1.82, 2.24) is 14.9 Å². The van der Waals surface area contributed by atoms with E-state index in [9.17, 15) is 13.2 Å². The van der Waals surface area contributed by atoms with Gasteiger partial charge in [0, 0.05) is 5.56 Å². The number of carbonyl (C=O) groups is 1. The van der Waals surface area contributed by atoms with Crippen LogP contribution in [0.4, 0.5) is 5.13 Å². The minimum atomic E-state index is -3.70. The van der Waals surface area contributed by atoms with Crippen LogP contribution in [0.2, 0.25) is 0 Å². The lowest BCUT2D eigenvalue weighted by Gasteiger charge is -2.06. The molecule has 2 heterocycles. The summed E-state index contributed by atoms with van der Waals surface area (Å²) < 4.78 is 32.1. The van der Waals surface area contributed by atoms with Crippen LogP contribution in [-0.4, -0.2) is 24.5 Å². The van der Waals surface area contributed by atoms with Crippen LogP contribution in [0.25, 0.3) is 0 Å². The molecule has 3 rings (SSSR count). The fourth-order valence-electron chi connectivity index (χ4n) is 2.06. The van der Waals surface area contributed by atoms with Crippen LogP contribution in [0.5, 0.6) is 0 Å². The number of aryl methyl sites for hydroxylation is 1. The molecule has 0 aliphatic heterocycles. The first-order valence-electron chi connectivity index (χ1n) is 7.74. The fraction of sp³-hybridized carbons (Fsp3) is 0.188. The van der Waals surface area contributed by atoms with Crippen molar-refractivity contribution in [3.05, 3.63) is 59.0 Å². The van der Waals surface area contributed by atoms with E-state index in [1.54, 1.807) is 12.1 Å². The van der Waals surface area contributed by atoms with E-state index in [1.165, 1.54) is 41.9 Å². The van der Waals surface area contributed by atoms with Crippen molar-refractivity contribution in [2.45, 2.75) is 24.8 Å². The lowest BCUT2D eigenvalue weighted by molar-refractivity contribution is 0.102. The van der Waals surface area contributed by atoms with Gasteiger partial charge < -0.3 is 4.42 Å². The van der Waals surface area contributed by atoms with E-state index in [0.717, 1.165) is 11.4 Å². The molecule has 136 valence electrons. The summed E-state index contributed by atoms with van der Waals surface area (Å²) in [6.45, 7) is 2.00.